The van der Waals surface area contributed by atoms with E-state index in [1.54, 1.807) is 11.0 Å². The van der Waals surface area contributed by atoms with Gasteiger partial charge in [-0.25, -0.2) is 4.99 Å². The van der Waals surface area contributed by atoms with E-state index in [1.165, 1.54) is 11.8 Å². The summed E-state index contributed by atoms with van der Waals surface area (Å²) >= 11 is 3.47. The fourth-order valence-electron chi connectivity index (χ4n) is 3.77. The number of carbonyl (C=O) groups is 2. The fourth-order valence-corrected chi connectivity index (χ4v) is 5.58. The van der Waals surface area contributed by atoms with Crippen molar-refractivity contribution in [2.45, 2.75) is 20.3 Å². The van der Waals surface area contributed by atoms with Gasteiger partial charge in [0.2, 0.25) is 0 Å². The fraction of sp³-hybridized carbons (Fsp3) is 0.207. The third-order valence-corrected chi connectivity index (χ3v) is 7.41. The number of benzene rings is 3. The minimum absolute atomic E-state index is 0.0983. The average molecular weight is 642 g/mol. The van der Waals surface area contributed by atoms with Crippen LogP contribution in [0.3, 0.4) is 0 Å². The molecule has 4 rings (SSSR count). The van der Waals surface area contributed by atoms with E-state index >= 15 is 0 Å². The first-order valence-corrected chi connectivity index (χ1v) is 14.0. The predicted octanol–water partition coefficient (Wildman–Crippen LogP) is 5.71. The molecule has 1 aliphatic rings. The summed E-state index contributed by atoms with van der Waals surface area (Å²) in [7, 11) is 0. The Kier molecular flexibility index (Phi) is 9.46. The highest BCUT2D eigenvalue weighted by atomic mass is 127. The molecule has 9 heteroatoms. The van der Waals surface area contributed by atoms with E-state index in [0.29, 0.717) is 41.1 Å². The lowest BCUT2D eigenvalue weighted by Gasteiger charge is -2.15. The predicted molar refractivity (Wildman–Crippen MR) is 161 cm³/mol. The number of primary amides is 1. The number of amidine groups is 1. The molecule has 1 fully saturated rings. The maximum atomic E-state index is 13.6. The molecule has 1 saturated heterocycles. The minimum Gasteiger partial charge on any atom is -0.490 e. The van der Waals surface area contributed by atoms with Crippen molar-refractivity contribution < 1.29 is 19.1 Å². The normalized spacial score (nSPS) is 15.3. The largest absolute Gasteiger partial charge is 0.490 e. The van der Waals surface area contributed by atoms with Crippen molar-refractivity contribution in [3.05, 3.63) is 91.9 Å². The van der Waals surface area contributed by atoms with E-state index in [9.17, 15) is 9.59 Å². The molecule has 0 saturated carbocycles. The second kappa shape index (κ2) is 13.0. The molecule has 196 valence electrons. The highest BCUT2D eigenvalue weighted by molar-refractivity contribution is 14.1. The van der Waals surface area contributed by atoms with Gasteiger partial charge in [0, 0.05) is 6.54 Å². The number of halogens is 1. The average Bonchev–Trinajstić information content (AvgIpc) is 3.17. The van der Waals surface area contributed by atoms with E-state index in [2.05, 4.69) is 34.7 Å². The van der Waals surface area contributed by atoms with Crippen molar-refractivity contribution in [2.75, 3.05) is 19.8 Å². The quantitative estimate of drug-likeness (QED) is 0.226. The van der Waals surface area contributed by atoms with Gasteiger partial charge in [0.05, 0.1) is 20.8 Å². The number of nitrogens with two attached hydrogens (primary N) is 1. The van der Waals surface area contributed by atoms with Crippen LogP contribution in [-0.4, -0.2) is 41.6 Å². The standard InChI is InChI=1S/C29H28IN3O4S/c1-3-36-24-16-21(15-23(30)27(24)37-18-26(31)34)17-25-28(35)33(14-13-20-7-5-4-6-8-20)29(38-25)32-22-11-9-19(2)10-12-22/h4-12,15-17H,3,13-14,18H2,1-2H3,(H2,31,34)/b25-17+,32-29?. The van der Waals surface area contributed by atoms with Crippen molar-refractivity contribution in [3.8, 4) is 11.5 Å². The van der Waals surface area contributed by atoms with Crippen molar-refractivity contribution in [2.24, 2.45) is 10.7 Å². The first kappa shape index (κ1) is 27.7. The zero-order chi connectivity index (χ0) is 27.1. The monoisotopic (exact) mass is 641 g/mol. The van der Waals surface area contributed by atoms with E-state index in [4.69, 9.17) is 20.2 Å². The van der Waals surface area contributed by atoms with Gasteiger partial charge < -0.3 is 15.2 Å². The summed E-state index contributed by atoms with van der Waals surface area (Å²) in [6.45, 7) is 4.57. The number of aliphatic imine (C=N–C) groups is 1. The molecule has 1 heterocycles. The van der Waals surface area contributed by atoms with Gasteiger partial charge in [-0.05, 0) is 96.1 Å². The Morgan fingerprint density at radius 3 is 2.53 bits per heavy atom. The lowest BCUT2D eigenvalue weighted by atomic mass is 10.1. The van der Waals surface area contributed by atoms with Crippen LogP contribution in [0.5, 0.6) is 11.5 Å². The molecular weight excluding hydrogens is 613 g/mol. The maximum Gasteiger partial charge on any atom is 0.266 e. The smallest absolute Gasteiger partial charge is 0.266 e. The zero-order valence-electron chi connectivity index (χ0n) is 21.1. The summed E-state index contributed by atoms with van der Waals surface area (Å²) in [5.41, 5.74) is 9.12. The van der Waals surface area contributed by atoms with Crippen LogP contribution >= 0.6 is 34.4 Å². The molecule has 0 aromatic heterocycles. The molecule has 0 aliphatic carbocycles. The van der Waals surface area contributed by atoms with Gasteiger partial charge in [-0.2, -0.15) is 0 Å². The SMILES string of the molecule is CCOc1cc(/C=C2/SC(=Nc3ccc(C)cc3)N(CCc3ccccc3)C2=O)cc(I)c1OCC(N)=O. The van der Waals surface area contributed by atoms with Crippen LogP contribution in [0.1, 0.15) is 23.6 Å². The molecule has 7 nitrogen and oxygen atoms in total. The van der Waals surface area contributed by atoms with E-state index in [0.717, 1.165) is 25.9 Å². The Bertz CT molecular complexity index is 1370. The Balaban J connectivity index is 1.66. The van der Waals surface area contributed by atoms with Gasteiger partial charge in [-0.1, -0.05) is 48.0 Å². The van der Waals surface area contributed by atoms with E-state index in [1.807, 2.05) is 68.5 Å². The molecule has 3 aromatic carbocycles. The van der Waals surface area contributed by atoms with Crippen LogP contribution in [0.25, 0.3) is 6.08 Å². The minimum atomic E-state index is -0.571. The summed E-state index contributed by atoms with van der Waals surface area (Å²) < 4.78 is 12.1. The van der Waals surface area contributed by atoms with Crippen LogP contribution < -0.4 is 15.2 Å². The number of nitrogens with zero attached hydrogens (tertiary/aromatic N) is 2. The molecule has 1 aliphatic heterocycles. The van der Waals surface area contributed by atoms with Crippen molar-refractivity contribution >= 4 is 63.1 Å². The van der Waals surface area contributed by atoms with Crippen molar-refractivity contribution in [3.63, 3.8) is 0 Å². The molecule has 0 bridgehead atoms. The summed E-state index contributed by atoms with van der Waals surface area (Å²) in [5, 5.41) is 0.641. The van der Waals surface area contributed by atoms with Gasteiger partial charge in [-0.3, -0.25) is 14.5 Å². The van der Waals surface area contributed by atoms with Gasteiger partial charge in [0.1, 0.15) is 0 Å². The molecule has 2 N–H and O–H groups in total. The van der Waals surface area contributed by atoms with Gasteiger partial charge in [0.15, 0.2) is 23.3 Å². The number of ether oxygens (including phenoxy) is 2. The summed E-state index contributed by atoms with van der Waals surface area (Å²) in [5.74, 6) is 0.263. The summed E-state index contributed by atoms with van der Waals surface area (Å²) in [6, 6.07) is 21.7. The maximum absolute atomic E-state index is 13.6. The molecule has 2 amide bonds. The third kappa shape index (κ3) is 7.16. The lowest BCUT2D eigenvalue weighted by molar-refractivity contribution is -0.122. The highest BCUT2D eigenvalue weighted by Crippen LogP contribution is 2.38. The number of carbonyl (C=O) groups excluding carboxylic acids is 2. The number of amides is 2. The Hall–Kier alpha value is -3.31. The molecular formula is C29H28IN3O4S. The van der Waals surface area contributed by atoms with Crippen LogP contribution in [0.4, 0.5) is 5.69 Å². The van der Waals surface area contributed by atoms with Crippen molar-refractivity contribution in [1.29, 1.82) is 0 Å². The third-order valence-electron chi connectivity index (χ3n) is 5.60. The second-order valence-electron chi connectivity index (χ2n) is 8.55. The first-order chi connectivity index (χ1) is 18.3. The lowest BCUT2D eigenvalue weighted by Crippen LogP contribution is -2.31. The zero-order valence-corrected chi connectivity index (χ0v) is 24.1. The number of hydrogen-bond acceptors (Lipinski definition) is 6. The van der Waals surface area contributed by atoms with Gasteiger partial charge in [0.25, 0.3) is 11.8 Å². The molecule has 0 spiro atoms. The number of rotatable bonds is 10. The molecule has 38 heavy (non-hydrogen) atoms. The molecule has 0 radical (unpaired) electrons. The van der Waals surface area contributed by atoms with Gasteiger partial charge >= 0.3 is 0 Å². The van der Waals surface area contributed by atoms with Crippen LogP contribution in [0.2, 0.25) is 0 Å². The summed E-state index contributed by atoms with van der Waals surface area (Å²) in [6.07, 6.45) is 2.55. The number of thioether (sulfide) groups is 1. The van der Waals surface area contributed by atoms with Crippen LogP contribution in [-0.2, 0) is 16.0 Å². The van der Waals surface area contributed by atoms with E-state index < -0.39 is 5.91 Å². The molecule has 0 atom stereocenters. The second-order valence-corrected chi connectivity index (χ2v) is 10.7. The number of aryl methyl sites for hydroxylation is 1. The van der Waals surface area contributed by atoms with E-state index in [-0.39, 0.29) is 12.5 Å². The molecule has 0 unspecified atom stereocenters. The number of hydrogen-bond donors (Lipinski definition) is 1. The van der Waals surface area contributed by atoms with Gasteiger partial charge in [-0.15, -0.1) is 0 Å². The topological polar surface area (TPSA) is 94.2 Å². The Morgan fingerprint density at radius 2 is 1.84 bits per heavy atom. The Morgan fingerprint density at radius 1 is 1.11 bits per heavy atom. The summed E-state index contributed by atoms with van der Waals surface area (Å²) in [4.78, 5) is 31.9. The first-order valence-electron chi connectivity index (χ1n) is 12.1. The highest BCUT2D eigenvalue weighted by Gasteiger charge is 2.33. The van der Waals surface area contributed by atoms with Crippen molar-refractivity contribution in [1.82, 2.24) is 4.90 Å². The Labute approximate surface area is 240 Å². The van der Waals surface area contributed by atoms with Crippen LogP contribution in [0.15, 0.2) is 76.6 Å². The molecule has 3 aromatic rings. The van der Waals surface area contributed by atoms with Crippen LogP contribution in [0, 0.1) is 10.5 Å².